The van der Waals surface area contributed by atoms with Crippen molar-refractivity contribution in [3.63, 3.8) is 0 Å². The second kappa shape index (κ2) is 2.91. The molecule has 1 heterocycles. The Morgan fingerprint density at radius 1 is 1.08 bits per heavy atom. The number of rotatable bonds is 1. The molecule has 0 aliphatic carbocycles. The average molecular weight is 159 g/mol. The van der Waals surface area contributed by atoms with E-state index in [1.165, 1.54) is 10.9 Å². The van der Waals surface area contributed by atoms with E-state index in [0.29, 0.717) is 6.67 Å². The van der Waals surface area contributed by atoms with Gasteiger partial charge >= 0.3 is 0 Å². The van der Waals surface area contributed by atoms with Crippen LogP contribution in [-0.4, -0.2) is 0 Å². The van der Waals surface area contributed by atoms with Crippen LogP contribution in [0.5, 0.6) is 0 Å². The molecule has 2 N–H and O–H groups in total. The third-order valence-electron chi connectivity index (χ3n) is 1.98. The standard InChI is InChI=1S/C10H11N2/c11-8-12-7-3-5-9-4-1-2-6-10(9)12/h1-7H,8,11H2/q+1. The molecule has 0 saturated carbocycles. The van der Waals surface area contributed by atoms with E-state index in [0.717, 1.165) is 0 Å². The van der Waals surface area contributed by atoms with Crippen LogP contribution in [0.15, 0.2) is 42.6 Å². The van der Waals surface area contributed by atoms with Crippen molar-refractivity contribution >= 4 is 10.9 Å². The van der Waals surface area contributed by atoms with E-state index in [1.54, 1.807) is 0 Å². The van der Waals surface area contributed by atoms with Crippen molar-refractivity contribution in [1.29, 1.82) is 0 Å². The lowest BCUT2D eigenvalue weighted by molar-refractivity contribution is -0.670. The molecule has 0 spiro atoms. The van der Waals surface area contributed by atoms with Gasteiger partial charge in [-0.15, -0.1) is 0 Å². The summed E-state index contributed by atoms with van der Waals surface area (Å²) >= 11 is 0. The molecule has 0 fully saturated rings. The highest BCUT2D eigenvalue weighted by molar-refractivity contribution is 5.74. The number of benzene rings is 1. The molecule has 12 heavy (non-hydrogen) atoms. The Bertz CT molecular complexity index is 390. The van der Waals surface area contributed by atoms with Gasteiger partial charge in [-0.25, -0.2) is 0 Å². The summed E-state index contributed by atoms with van der Waals surface area (Å²) in [6, 6.07) is 12.3. The van der Waals surface area contributed by atoms with Crippen molar-refractivity contribution in [3.8, 4) is 0 Å². The first kappa shape index (κ1) is 7.25. The Kier molecular flexibility index (Phi) is 1.76. The lowest BCUT2D eigenvalue weighted by Crippen LogP contribution is -2.38. The molecule has 0 aliphatic heterocycles. The van der Waals surface area contributed by atoms with Gasteiger partial charge in [0.15, 0.2) is 12.9 Å². The van der Waals surface area contributed by atoms with Gasteiger partial charge < -0.3 is 0 Å². The van der Waals surface area contributed by atoms with Gasteiger partial charge in [0.05, 0.1) is 0 Å². The Balaban J connectivity index is 2.79. The van der Waals surface area contributed by atoms with Crippen LogP contribution in [0.2, 0.25) is 0 Å². The Morgan fingerprint density at radius 3 is 2.67 bits per heavy atom. The van der Waals surface area contributed by atoms with E-state index < -0.39 is 0 Å². The quantitative estimate of drug-likeness (QED) is 0.619. The third-order valence-corrected chi connectivity index (χ3v) is 1.98. The van der Waals surface area contributed by atoms with E-state index in [9.17, 15) is 0 Å². The summed E-state index contributed by atoms with van der Waals surface area (Å²) < 4.78 is 2.02. The van der Waals surface area contributed by atoms with Crippen molar-refractivity contribution in [2.24, 2.45) is 5.73 Å². The molecular formula is C10H11N2+. The molecule has 2 heteroatoms. The van der Waals surface area contributed by atoms with Gasteiger partial charge in [0.2, 0.25) is 5.52 Å². The zero-order chi connectivity index (χ0) is 8.39. The fourth-order valence-electron chi connectivity index (χ4n) is 1.38. The summed E-state index contributed by atoms with van der Waals surface area (Å²) in [6.45, 7) is 0.529. The van der Waals surface area contributed by atoms with E-state index in [2.05, 4.69) is 18.2 Å². The molecule has 0 atom stereocenters. The number of nitrogens with zero attached hydrogens (tertiary/aromatic N) is 1. The van der Waals surface area contributed by atoms with E-state index in [-0.39, 0.29) is 0 Å². The maximum atomic E-state index is 5.58. The smallest absolute Gasteiger partial charge is 0.213 e. The number of hydrogen-bond donors (Lipinski definition) is 1. The van der Waals surface area contributed by atoms with Crippen LogP contribution in [0.3, 0.4) is 0 Å². The van der Waals surface area contributed by atoms with Crippen molar-refractivity contribution < 1.29 is 4.57 Å². The minimum Gasteiger partial charge on any atom is -0.275 e. The maximum absolute atomic E-state index is 5.58. The fourth-order valence-corrected chi connectivity index (χ4v) is 1.38. The van der Waals surface area contributed by atoms with E-state index in [1.807, 2.05) is 29.0 Å². The molecule has 0 saturated heterocycles. The molecule has 0 amide bonds. The SMILES string of the molecule is NC[n+]1cccc2ccccc21. The molecule has 60 valence electrons. The lowest BCUT2D eigenvalue weighted by atomic mass is 10.2. The monoisotopic (exact) mass is 159 g/mol. The molecule has 1 aromatic heterocycles. The number of fused-ring (bicyclic) bond motifs is 1. The minimum absolute atomic E-state index is 0.529. The van der Waals surface area contributed by atoms with E-state index in [4.69, 9.17) is 5.73 Å². The van der Waals surface area contributed by atoms with Gasteiger partial charge in [-0.2, -0.15) is 4.57 Å². The molecular weight excluding hydrogens is 148 g/mol. The Hall–Kier alpha value is -1.41. The van der Waals surface area contributed by atoms with Crippen molar-refractivity contribution in [3.05, 3.63) is 42.6 Å². The summed E-state index contributed by atoms with van der Waals surface area (Å²) in [4.78, 5) is 0. The zero-order valence-corrected chi connectivity index (χ0v) is 6.77. The zero-order valence-electron chi connectivity index (χ0n) is 6.77. The van der Waals surface area contributed by atoms with Crippen LogP contribution in [0.25, 0.3) is 10.9 Å². The number of aromatic nitrogens is 1. The second-order valence-electron chi connectivity index (χ2n) is 2.72. The van der Waals surface area contributed by atoms with Gasteiger partial charge in [0.25, 0.3) is 0 Å². The topological polar surface area (TPSA) is 29.9 Å². The Morgan fingerprint density at radius 2 is 1.83 bits per heavy atom. The second-order valence-corrected chi connectivity index (χ2v) is 2.72. The first-order chi connectivity index (χ1) is 5.92. The third kappa shape index (κ3) is 1.06. The van der Waals surface area contributed by atoms with Crippen LogP contribution in [-0.2, 0) is 6.67 Å². The highest BCUT2D eigenvalue weighted by Gasteiger charge is 2.02. The van der Waals surface area contributed by atoms with Gasteiger partial charge in [-0.1, -0.05) is 12.1 Å². The predicted octanol–water partition coefficient (Wildman–Crippen LogP) is 1.04. The fraction of sp³-hybridized carbons (Fsp3) is 0.100. The van der Waals surface area contributed by atoms with Crippen LogP contribution in [0.1, 0.15) is 0 Å². The maximum Gasteiger partial charge on any atom is 0.213 e. The van der Waals surface area contributed by atoms with Crippen molar-refractivity contribution in [1.82, 2.24) is 0 Å². The summed E-state index contributed by atoms with van der Waals surface area (Å²) in [5.74, 6) is 0. The van der Waals surface area contributed by atoms with Gasteiger partial charge in [-0.3, -0.25) is 5.73 Å². The van der Waals surface area contributed by atoms with Gasteiger partial charge in [0.1, 0.15) is 0 Å². The lowest BCUT2D eigenvalue weighted by Gasteiger charge is -1.96. The van der Waals surface area contributed by atoms with Crippen LogP contribution < -0.4 is 10.3 Å². The number of nitrogens with two attached hydrogens (primary N) is 1. The summed E-state index contributed by atoms with van der Waals surface area (Å²) in [5, 5.41) is 1.23. The highest BCUT2D eigenvalue weighted by atomic mass is 15.0. The number of hydrogen-bond acceptors (Lipinski definition) is 1. The molecule has 2 rings (SSSR count). The first-order valence-electron chi connectivity index (χ1n) is 3.99. The summed E-state index contributed by atoms with van der Waals surface area (Å²) in [7, 11) is 0. The highest BCUT2D eigenvalue weighted by Crippen LogP contribution is 2.06. The van der Waals surface area contributed by atoms with E-state index >= 15 is 0 Å². The van der Waals surface area contributed by atoms with Gasteiger partial charge in [0, 0.05) is 17.5 Å². The molecule has 2 nitrogen and oxygen atoms in total. The molecule has 0 aliphatic rings. The van der Waals surface area contributed by atoms with Gasteiger partial charge in [-0.05, 0) is 12.1 Å². The van der Waals surface area contributed by atoms with Crippen LogP contribution >= 0.6 is 0 Å². The number of pyridine rings is 1. The largest absolute Gasteiger partial charge is 0.275 e. The normalized spacial score (nSPS) is 10.4. The van der Waals surface area contributed by atoms with Crippen LogP contribution in [0.4, 0.5) is 0 Å². The number of para-hydroxylation sites is 1. The first-order valence-corrected chi connectivity index (χ1v) is 3.99. The molecule has 0 bridgehead atoms. The van der Waals surface area contributed by atoms with Crippen molar-refractivity contribution in [2.45, 2.75) is 6.67 Å². The summed E-state index contributed by atoms with van der Waals surface area (Å²) in [6.07, 6.45) is 1.99. The minimum atomic E-state index is 0.529. The Labute approximate surface area is 71.2 Å². The molecule has 2 aromatic rings. The summed E-state index contributed by atoms with van der Waals surface area (Å²) in [5.41, 5.74) is 6.76. The average Bonchev–Trinajstić information content (AvgIpc) is 2.17. The van der Waals surface area contributed by atoms with Crippen molar-refractivity contribution in [2.75, 3.05) is 0 Å². The van der Waals surface area contributed by atoms with Crippen LogP contribution in [0, 0.1) is 0 Å². The molecule has 1 aromatic carbocycles. The molecule has 0 radical (unpaired) electrons. The molecule has 0 unspecified atom stereocenters. The predicted molar refractivity (Wildman–Crippen MR) is 48.3 cm³/mol.